The molecule has 1 aromatic carbocycles. The molecule has 0 spiro atoms. The second-order valence-electron chi connectivity index (χ2n) is 11.0. The number of hydrogen-bond acceptors (Lipinski definition) is 8. The Morgan fingerprint density at radius 2 is 1.85 bits per heavy atom. The van der Waals surface area contributed by atoms with E-state index in [9.17, 15) is 4.79 Å². The lowest BCUT2D eigenvalue weighted by atomic mass is 10.1. The van der Waals surface area contributed by atoms with Crippen molar-refractivity contribution in [3.05, 3.63) is 72.4 Å². The molecule has 0 bridgehead atoms. The van der Waals surface area contributed by atoms with Crippen LogP contribution >= 0.6 is 0 Å². The van der Waals surface area contributed by atoms with Crippen LogP contribution in [0, 0.1) is 0 Å². The summed E-state index contributed by atoms with van der Waals surface area (Å²) in [7, 11) is 0. The topological polar surface area (TPSA) is 108 Å². The highest BCUT2D eigenvalue weighted by molar-refractivity contribution is 5.87. The summed E-state index contributed by atoms with van der Waals surface area (Å²) in [4.78, 5) is 30.6. The van der Waals surface area contributed by atoms with Crippen LogP contribution < -0.4 is 16.1 Å². The van der Waals surface area contributed by atoms with Crippen LogP contribution in [0.4, 0.5) is 11.6 Å². The maximum atomic E-state index is 12.0. The molecule has 10 nitrogen and oxygen atoms in total. The van der Waals surface area contributed by atoms with Crippen molar-refractivity contribution in [3.8, 4) is 17.1 Å². The fourth-order valence-electron chi connectivity index (χ4n) is 6.38. The van der Waals surface area contributed by atoms with E-state index in [-0.39, 0.29) is 11.9 Å². The number of imidazole rings is 1. The molecule has 3 N–H and O–H groups in total. The van der Waals surface area contributed by atoms with E-state index >= 15 is 0 Å². The third kappa shape index (κ3) is 4.72. The second kappa shape index (κ2) is 10.6. The molecule has 5 heterocycles. The van der Waals surface area contributed by atoms with Crippen LogP contribution in [-0.4, -0.2) is 74.6 Å². The number of carbonyl (C=O) groups excluding carboxylic acids is 1. The zero-order valence-corrected chi connectivity index (χ0v) is 23.2. The molecule has 10 heteroatoms. The smallest absolute Gasteiger partial charge is 0.246 e. The number of nitrogens with zero attached hydrogens (tertiary/aromatic N) is 7. The molecular weight excluding hydrogens is 514 g/mol. The van der Waals surface area contributed by atoms with Gasteiger partial charge in [-0.3, -0.25) is 9.36 Å². The summed E-state index contributed by atoms with van der Waals surface area (Å²) in [6.45, 7) is 8.68. The Bertz CT molecular complexity index is 1620. The molecule has 41 heavy (non-hydrogen) atoms. The highest BCUT2D eigenvalue weighted by Crippen LogP contribution is 2.36. The number of fused-ring (bicyclic) bond motifs is 2. The first kappa shape index (κ1) is 25.7. The molecule has 1 amide bonds. The summed E-state index contributed by atoms with van der Waals surface area (Å²) in [5.41, 5.74) is 16.2. The first-order chi connectivity index (χ1) is 20.1. The highest BCUT2D eigenvalue weighted by atomic mass is 16.2. The zero-order valence-electron chi connectivity index (χ0n) is 23.2. The fraction of sp³-hybridized carbons (Fsp3) is 0.355. The van der Waals surface area contributed by atoms with Gasteiger partial charge in [-0.05, 0) is 79.3 Å². The lowest BCUT2D eigenvalue weighted by Gasteiger charge is -2.36. The van der Waals surface area contributed by atoms with E-state index in [2.05, 4.69) is 61.8 Å². The molecule has 2 saturated heterocycles. The summed E-state index contributed by atoms with van der Waals surface area (Å²) < 4.78 is 2.14. The minimum absolute atomic E-state index is 0.00451. The Kier molecular flexibility index (Phi) is 6.64. The van der Waals surface area contributed by atoms with Crippen molar-refractivity contribution in [2.24, 2.45) is 0 Å². The maximum absolute atomic E-state index is 12.0. The van der Waals surface area contributed by atoms with Gasteiger partial charge in [0.1, 0.15) is 17.2 Å². The molecule has 210 valence electrons. The summed E-state index contributed by atoms with van der Waals surface area (Å²) in [5.74, 6) is 2.19. The number of hydrogen-bond donors (Lipinski definition) is 2. The van der Waals surface area contributed by atoms with Crippen molar-refractivity contribution in [2.45, 2.75) is 31.7 Å². The van der Waals surface area contributed by atoms with E-state index in [4.69, 9.17) is 15.7 Å². The number of benzene rings is 1. The standard InChI is InChI=1S/C31H35N9O/c1-2-28(41)38-16-18-39(19-17-38)36-25-10-7-21-20-22(8-9-23(21)25)40-30(24-6-5-13-33-29(24)32)34-26-11-12-27(35-31(26)40)37-14-3-4-15-37/h2,5-6,8-9,11-13,20,25,36H,1,3-4,7,10,14-19H2,(H2,32,33)/t25-/m0/s1. The number of piperazine rings is 1. The van der Waals surface area contributed by atoms with Crippen molar-refractivity contribution in [1.82, 2.24) is 34.9 Å². The number of nitrogens with two attached hydrogens (primary N) is 1. The van der Waals surface area contributed by atoms with Gasteiger partial charge >= 0.3 is 0 Å². The van der Waals surface area contributed by atoms with Crippen molar-refractivity contribution in [1.29, 1.82) is 0 Å². The molecule has 2 aliphatic heterocycles. The van der Waals surface area contributed by atoms with Crippen molar-refractivity contribution >= 4 is 28.7 Å². The average Bonchev–Trinajstić information content (AvgIpc) is 3.76. The lowest BCUT2D eigenvalue weighted by Crippen LogP contribution is -2.53. The summed E-state index contributed by atoms with van der Waals surface area (Å²) in [6, 6.07) is 14.9. The number of anilines is 2. The third-order valence-electron chi connectivity index (χ3n) is 8.57. The van der Waals surface area contributed by atoms with Crippen LogP contribution in [0.25, 0.3) is 28.2 Å². The molecule has 0 unspecified atom stereocenters. The molecule has 3 aliphatic rings. The van der Waals surface area contributed by atoms with Gasteiger partial charge in [0.2, 0.25) is 5.91 Å². The monoisotopic (exact) mass is 549 g/mol. The third-order valence-corrected chi connectivity index (χ3v) is 8.57. The molecule has 7 rings (SSSR count). The maximum Gasteiger partial charge on any atom is 0.246 e. The molecular formula is C31H35N9O. The van der Waals surface area contributed by atoms with E-state index in [1.165, 1.54) is 30.0 Å². The van der Waals surface area contributed by atoms with E-state index in [0.717, 1.165) is 73.1 Å². The number of amides is 1. The van der Waals surface area contributed by atoms with Gasteiger partial charge < -0.3 is 15.5 Å². The van der Waals surface area contributed by atoms with Gasteiger partial charge in [-0.2, -0.15) is 0 Å². The number of aromatic nitrogens is 4. The molecule has 1 atom stereocenters. The van der Waals surface area contributed by atoms with Gasteiger partial charge in [0.05, 0.1) is 5.56 Å². The van der Waals surface area contributed by atoms with Gasteiger partial charge in [-0.15, -0.1) is 0 Å². The van der Waals surface area contributed by atoms with Crippen molar-refractivity contribution < 1.29 is 4.79 Å². The van der Waals surface area contributed by atoms with Crippen molar-refractivity contribution in [2.75, 3.05) is 49.9 Å². The van der Waals surface area contributed by atoms with Crippen LogP contribution in [0.15, 0.2) is 61.3 Å². The van der Waals surface area contributed by atoms with Gasteiger partial charge in [0.25, 0.3) is 0 Å². The number of nitrogens with one attached hydrogen (secondary N) is 1. The Hall–Kier alpha value is -4.28. The van der Waals surface area contributed by atoms with Crippen LogP contribution in [0.2, 0.25) is 0 Å². The number of nitrogen functional groups attached to an aromatic ring is 1. The molecule has 0 radical (unpaired) electrons. The predicted molar refractivity (Wildman–Crippen MR) is 161 cm³/mol. The molecule has 1 aliphatic carbocycles. The quantitative estimate of drug-likeness (QED) is 0.352. The molecule has 4 aromatic rings. The SMILES string of the molecule is C=CC(=O)N1CCN(N[C@H]2CCc3cc(-n4c(-c5cccnc5N)nc5ccc(N6CCCC6)nc54)ccc32)CC1. The number of rotatable bonds is 6. The fourth-order valence-corrected chi connectivity index (χ4v) is 6.38. The second-order valence-corrected chi connectivity index (χ2v) is 11.0. The Balaban J connectivity index is 1.22. The minimum atomic E-state index is 0.00451. The summed E-state index contributed by atoms with van der Waals surface area (Å²) in [6.07, 6.45) is 7.50. The van der Waals surface area contributed by atoms with Crippen LogP contribution in [-0.2, 0) is 11.2 Å². The molecule has 0 saturated carbocycles. The zero-order chi connectivity index (χ0) is 27.9. The van der Waals surface area contributed by atoms with E-state index in [1.807, 2.05) is 17.0 Å². The number of aryl methyl sites for hydroxylation is 1. The van der Waals surface area contributed by atoms with Gasteiger partial charge in [0, 0.05) is 57.2 Å². The number of pyridine rings is 2. The van der Waals surface area contributed by atoms with Crippen LogP contribution in [0.5, 0.6) is 0 Å². The van der Waals surface area contributed by atoms with Crippen molar-refractivity contribution in [3.63, 3.8) is 0 Å². The van der Waals surface area contributed by atoms with Crippen LogP contribution in [0.3, 0.4) is 0 Å². The van der Waals surface area contributed by atoms with Gasteiger partial charge in [-0.1, -0.05) is 12.6 Å². The average molecular weight is 550 g/mol. The predicted octanol–water partition coefficient (Wildman–Crippen LogP) is 3.49. The van der Waals surface area contributed by atoms with E-state index in [0.29, 0.717) is 18.9 Å². The highest BCUT2D eigenvalue weighted by Gasteiger charge is 2.28. The lowest BCUT2D eigenvalue weighted by molar-refractivity contribution is -0.128. The Labute approximate surface area is 239 Å². The summed E-state index contributed by atoms with van der Waals surface area (Å²) >= 11 is 0. The Morgan fingerprint density at radius 3 is 2.63 bits per heavy atom. The largest absolute Gasteiger partial charge is 0.383 e. The molecule has 3 aromatic heterocycles. The first-order valence-electron chi connectivity index (χ1n) is 14.5. The van der Waals surface area contributed by atoms with E-state index < -0.39 is 0 Å². The number of hydrazine groups is 1. The minimum Gasteiger partial charge on any atom is -0.383 e. The normalized spacial score (nSPS) is 19.2. The van der Waals surface area contributed by atoms with Gasteiger partial charge in [-0.25, -0.2) is 25.4 Å². The summed E-state index contributed by atoms with van der Waals surface area (Å²) in [5, 5.41) is 2.25. The first-order valence-corrected chi connectivity index (χ1v) is 14.5. The van der Waals surface area contributed by atoms with E-state index in [1.54, 1.807) is 6.20 Å². The van der Waals surface area contributed by atoms with Gasteiger partial charge in [0.15, 0.2) is 11.5 Å². The molecule has 2 fully saturated rings. The van der Waals surface area contributed by atoms with Crippen LogP contribution in [0.1, 0.15) is 36.4 Å². The number of carbonyl (C=O) groups is 1. The Morgan fingerprint density at radius 1 is 1.02 bits per heavy atom.